The summed E-state index contributed by atoms with van der Waals surface area (Å²) in [5.41, 5.74) is 3.43. The second-order valence-electron chi connectivity index (χ2n) is 7.85. The van der Waals surface area contributed by atoms with E-state index in [0.29, 0.717) is 5.92 Å². The first-order valence-electron chi connectivity index (χ1n) is 8.77. The molecule has 7 nitrogen and oxygen atoms in total. The molecule has 1 N–H and O–H groups in total. The molecular weight excluding hydrogens is 314 g/mol. The number of rotatable bonds is 3. The van der Waals surface area contributed by atoms with E-state index in [4.69, 9.17) is 0 Å². The molecule has 2 aliphatic rings. The third kappa shape index (κ3) is 2.57. The van der Waals surface area contributed by atoms with Crippen LogP contribution in [0.25, 0.3) is 0 Å². The van der Waals surface area contributed by atoms with E-state index in [1.54, 1.807) is 0 Å². The largest absolute Gasteiger partial charge is 0.340 e. The van der Waals surface area contributed by atoms with Crippen molar-refractivity contribution < 1.29 is 0 Å². The minimum absolute atomic E-state index is 0.254. The summed E-state index contributed by atoms with van der Waals surface area (Å²) < 4.78 is 1.98. The van der Waals surface area contributed by atoms with Crippen LogP contribution < -0.4 is 0 Å². The molecule has 132 valence electrons. The summed E-state index contributed by atoms with van der Waals surface area (Å²) in [7, 11) is 4.15. The average Bonchev–Trinajstić information content (AvgIpc) is 3.19. The molecular formula is C18H25N7. The number of likely N-dealkylation sites (N-methyl/N-ethyl adjacent to an activating group) is 1. The van der Waals surface area contributed by atoms with Gasteiger partial charge in [0.05, 0.1) is 0 Å². The minimum Gasteiger partial charge on any atom is -0.340 e. The molecule has 2 aromatic rings. The van der Waals surface area contributed by atoms with Crippen molar-refractivity contribution in [2.24, 2.45) is 12.5 Å². The Hall–Kier alpha value is -2.17. The van der Waals surface area contributed by atoms with Gasteiger partial charge in [-0.05, 0) is 32.5 Å². The molecule has 2 aliphatic heterocycles. The van der Waals surface area contributed by atoms with Crippen molar-refractivity contribution in [3.8, 4) is 6.07 Å². The molecule has 1 unspecified atom stereocenters. The summed E-state index contributed by atoms with van der Waals surface area (Å²) in [6.07, 6.45) is 0. The maximum Gasteiger partial charge on any atom is 0.155 e. The molecule has 0 aliphatic carbocycles. The van der Waals surface area contributed by atoms with E-state index >= 15 is 0 Å². The van der Waals surface area contributed by atoms with E-state index in [9.17, 15) is 5.26 Å². The van der Waals surface area contributed by atoms with Crippen molar-refractivity contribution in [1.82, 2.24) is 29.5 Å². The highest BCUT2D eigenvalue weighted by atomic mass is 15.3. The first kappa shape index (κ1) is 16.3. The quantitative estimate of drug-likeness (QED) is 0.908. The fourth-order valence-electron chi connectivity index (χ4n) is 4.64. The van der Waals surface area contributed by atoms with Crippen LogP contribution in [0.3, 0.4) is 0 Å². The molecule has 2 fully saturated rings. The van der Waals surface area contributed by atoms with Crippen molar-refractivity contribution in [3.63, 3.8) is 0 Å². The van der Waals surface area contributed by atoms with E-state index in [1.807, 2.05) is 24.6 Å². The van der Waals surface area contributed by atoms with Crippen LogP contribution in [0.15, 0.2) is 6.07 Å². The van der Waals surface area contributed by atoms with Gasteiger partial charge in [0, 0.05) is 56.8 Å². The number of hydrogen-bond acceptors (Lipinski definition) is 5. The molecule has 0 bridgehead atoms. The van der Waals surface area contributed by atoms with Crippen molar-refractivity contribution in [2.45, 2.75) is 26.3 Å². The summed E-state index contributed by atoms with van der Waals surface area (Å²) in [5, 5.41) is 16.6. The van der Waals surface area contributed by atoms with Crippen LogP contribution in [-0.2, 0) is 13.6 Å². The van der Waals surface area contributed by atoms with E-state index in [0.717, 1.165) is 50.1 Å². The summed E-state index contributed by atoms with van der Waals surface area (Å²) in [4.78, 5) is 9.48. The Balaban J connectivity index is 1.49. The van der Waals surface area contributed by atoms with Crippen molar-refractivity contribution in [1.29, 1.82) is 5.26 Å². The zero-order valence-electron chi connectivity index (χ0n) is 15.4. The topological polar surface area (TPSA) is 76.8 Å². The lowest BCUT2D eigenvalue weighted by molar-refractivity contribution is -0.00954. The maximum atomic E-state index is 9.21. The van der Waals surface area contributed by atoms with E-state index in [1.165, 1.54) is 11.3 Å². The third-order valence-corrected chi connectivity index (χ3v) is 5.97. The van der Waals surface area contributed by atoms with Crippen LogP contribution in [0.2, 0.25) is 0 Å². The van der Waals surface area contributed by atoms with Gasteiger partial charge in [-0.1, -0.05) is 0 Å². The first-order chi connectivity index (χ1) is 11.9. The maximum absolute atomic E-state index is 9.21. The summed E-state index contributed by atoms with van der Waals surface area (Å²) in [5.74, 6) is 2.24. The lowest BCUT2D eigenvalue weighted by atomic mass is 9.71. The Bertz CT molecular complexity index is 834. The summed E-state index contributed by atoms with van der Waals surface area (Å²) >= 11 is 0. The number of aromatic nitrogens is 4. The van der Waals surface area contributed by atoms with Gasteiger partial charge in [0.2, 0.25) is 0 Å². The van der Waals surface area contributed by atoms with Crippen molar-refractivity contribution in [2.75, 3.05) is 33.2 Å². The number of likely N-dealkylation sites (tertiary alicyclic amines) is 2. The lowest BCUT2D eigenvalue weighted by Crippen LogP contribution is -2.59. The molecule has 0 aromatic carbocycles. The van der Waals surface area contributed by atoms with E-state index < -0.39 is 0 Å². The molecule has 1 atom stereocenters. The fourth-order valence-corrected chi connectivity index (χ4v) is 4.64. The van der Waals surface area contributed by atoms with Gasteiger partial charge in [-0.25, -0.2) is 4.98 Å². The second-order valence-corrected chi connectivity index (χ2v) is 7.85. The highest BCUT2D eigenvalue weighted by Crippen LogP contribution is 2.48. The van der Waals surface area contributed by atoms with Crippen molar-refractivity contribution >= 4 is 0 Å². The minimum atomic E-state index is 0.254. The Kier molecular flexibility index (Phi) is 3.71. The molecule has 25 heavy (non-hydrogen) atoms. The van der Waals surface area contributed by atoms with Gasteiger partial charge < -0.3 is 9.47 Å². The molecule has 0 amide bonds. The predicted molar refractivity (Wildman–Crippen MR) is 93.9 cm³/mol. The lowest BCUT2D eigenvalue weighted by Gasteiger charge is -2.50. The molecule has 2 saturated heterocycles. The van der Waals surface area contributed by atoms with Gasteiger partial charge >= 0.3 is 0 Å². The number of aryl methyl sites for hydroxylation is 1. The van der Waals surface area contributed by atoms with Gasteiger partial charge in [-0.2, -0.15) is 10.4 Å². The first-order valence-corrected chi connectivity index (χ1v) is 8.77. The standard InChI is InChI=1S/C18H25N7/c1-12-14(5-15(6-19)24(12)4)7-25-10-18(11-25)9-23(3)8-16(18)17-20-13(2)21-22-17/h5,16H,7-11H2,1-4H3,(H,20,21,22). The van der Waals surface area contributed by atoms with Gasteiger partial charge in [0.25, 0.3) is 0 Å². The zero-order chi connectivity index (χ0) is 17.8. The van der Waals surface area contributed by atoms with Gasteiger partial charge in [0.15, 0.2) is 5.82 Å². The van der Waals surface area contributed by atoms with Crippen LogP contribution in [0.5, 0.6) is 0 Å². The van der Waals surface area contributed by atoms with Gasteiger partial charge in [-0.15, -0.1) is 0 Å². The van der Waals surface area contributed by atoms with Crippen LogP contribution in [-0.4, -0.2) is 62.8 Å². The Morgan fingerprint density at radius 1 is 1.32 bits per heavy atom. The molecule has 0 saturated carbocycles. The fraction of sp³-hybridized carbons (Fsp3) is 0.611. The Labute approximate surface area is 148 Å². The van der Waals surface area contributed by atoms with Gasteiger partial charge in [-0.3, -0.25) is 10.00 Å². The number of nitriles is 1. The Morgan fingerprint density at radius 2 is 2.08 bits per heavy atom. The van der Waals surface area contributed by atoms with Crippen LogP contribution >= 0.6 is 0 Å². The smallest absolute Gasteiger partial charge is 0.155 e. The van der Waals surface area contributed by atoms with Crippen molar-refractivity contribution in [3.05, 3.63) is 34.7 Å². The van der Waals surface area contributed by atoms with E-state index in [2.05, 4.69) is 45.0 Å². The molecule has 7 heteroatoms. The second kappa shape index (κ2) is 5.68. The summed E-state index contributed by atoms with van der Waals surface area (Å²) in [6.45, 7) is 9.20. The normalized spacial score (nSPS) is 23.1. The molecule has 1 spiro atoms. The number of hydrogen-bond donors (Lipinski definition) is 1. The van der Waals surface area contributed by atoms with Crippen LogP contribution in [0, 0.1) is 30.6 Å². The molecule has 4 rings (SSSR count). The highest BCUT2D eigenvalue weighted by molar-refractivity contribution is 5.34. The highest BCUT2D eigenvalue weighted by Gasteiger charge is 2.54. The zero-order valence-corrected chi connectivity index (χ0v) is 15.4. The third-order valence-electron chi connectivity index (χ3n) is 5.97. The number of nitrogens with one attached hydrogen (secondary N) is 1. The monoisotopic (exact) mass is 339 g/mol. The molecule has 0 radical (unpaired) electrons. The number of nitrogens with zero attached hydrogens (tertiary/aromatic N) is 6. The molecule has 2 aromatic heterocycles. The SMILES string of the molecule is Cc1nc(C2CN(C)CC23CN(Cc2cc(C#N)n(C)c2C)C3)n[nH]1. The number of H-pyrrole nitrogens is 1. The molecule has 4 heterocycles. The predicted octanol–water partition coefficient (Wildman–Crippen LogP) is 1.16. The Morgan fingerprint density at radius 3 is 2.68 bits per heavy atom. The van der Waals surface area contributed by atoms with Crippen LogP contribution in [0.1, 0.15) is 34.5 Å². The van der Waals surface area contributed by atoms with Crippen LogP contribution in [0.4, 0.5) is 0 Å². The summed E-state index contributed by atoms with van der Waals surface area (Å²) in [6, 6.07) is 4.29. The van der Waals surface area contributed by atoms with E-state index in [-0.39, 0.29) is 5.41 Å². The average molecular weight is 339 g/mol. The van der Waals surface area contributed by atoms with Gasteiger partial charge in [0.1, 0.15) is 17.6 Å². The number of aromatic amines is 1.